The standard InChI is InChI=1S/C8H6O2S2/c9-3-5-1-7(11)6(4-10)2-8(5)12/h1-4,11-12H. The molecular weight excluding hydrogens is 192 g/mol. The second-order valence-corrected chi connectivity index (χ2v) is 3.17. The number of aldehydes is 2. The van der Waals surface area contributed by atoms with Gasteiger partial charge in [-0.1, -0.05) is 0 Å². The fraction of sp³-hybridized carbons (Fsp3) is 0. The van der Waals surface area contributed by atoms with E-state index in [9.17, 15) is 9.59 Å². The van der Waals surface area contributed by atoms with Gasteiger partial charge in [0.1, 0.15) is 0 Å². The highest BCUT2D eigenvalue weighted by molar-refractivity contribution is 7.80. The number of rotatable bonds is 2. The molecule has 0 fully saturated rings. The number of benzene rings is 1. The molecule has 12 heavy (non-hydrogen) atoms. The SMILES string of the molecule is O=Cc1cc(S)c(C=O)cc1S. The van der Waals surface area contributed by atoms with Crippen LogP contribution >= 0.6 is 25.3 Å². The van der Waals surface area contributed by atoms with E-state index in [0.29, 0.717) is 33.5 Å². The Kier molecular flexibility index (Phi) is 2.94. The molecule has 0 heterocycles. The third-order valence-corrected chi connectivity index (χ3v) is 2.20. The van der Waals surface area contributed by atoms with Crippen molar-refractivity contribution in [1.82, 2.24) is 0 Å². The quantitative estimate of drug-likeness (QED) is 0.562. The molecular formula is C8H6O2S2. The summed E-state index contributed by atoms with van der Waals surface area (Å²) in [6.07, 6.45) is 1.35. The molecule has 0 amide bonds. The lowest BCUT2D eigenvalue weighted by Gasteiger charge is -2.01. The van der Waals surface area contributed by atoms with Crippen LogP contribution in [0, 0.1) is 0 Å². The Bertz CT molecular complexity index is 300. The second-order valence-electron chi connectivity index (χ2n) is 2.21. The van der Waals surface area contributed by atoms with E-state index in [-0.39, 0.29) is 0 Å². The molecule has 0 radical (unpaired) electrons. The van der Waals surface area contributed by atoms with Gasteiger partial charge >= 0.3 is 0 Å². The predicted octanol–water partition coefficient (Wildman–Crippen LogP) is 1.89. The summed E-state index contributed by atoms with van der Waals surface area (Å²) in [5.41, 5.74) is 0.878. The minimum absolute atomic E-state index is 0.439. The molecule has 0 unspecified atom stereocenters. The van der Waals surface area contributed by atoms with Crippen LogP contribution in [0.2, 0.25) is 0 Å². The molecule has 0 bridgehead atoms. The lowest BCUT2D eigenvalue weighted by Crippen LogP contribution is -1.89. The Morgan fingerprint density at radius 1 is 0.917 bits per heavy atom. The van der Waals surface area contributed by atoms with Gasteiger partial charge in [0.15, 0.2) is 12.6 Å². The van der Waals surface area contributed by atoms with E-state index >= 15 is 0 Å². The first-order valence-electron chi connectivity index (χ1n) is 3.15. The monoisotopic (exact) mass is 198 g/mol. The van der Waals surface area contributed by atoms with Crippen LogP contribution in [-0.2, 0) is 0 Å². The summed E-state index contributed by atoms with van der Waals surface area (Å²) in [5, 5.41) is 0. The van der Waals surface area contributed by atoms with Crippen LogP contribution in [0.25, 0.3) is 0 Å². The zero-order valence-electron chi connectivity index (χ0n) is 6.02. The smallest absolute Gasteiger partial charge is 0.151 e. The fourth-order valence-electron chi connectivity index (χ4n) is 0.798. The van der Waals surface area contributed by atoms with Crippen LogP contribution in [0.1, 0.15) is 20.7 Å². The highest BCUT2D eigenvalue weighted by Gasteiger charge is 2.03. The highest BCUT2D eigenvalue weighted by atomic mass is 32.1. The topological polar surface area (TPSA) is 34.1 Å². The number of thiol groups is 2. The summed E-state index contributed by atoms with van der Waals surface area (Å²) >= 11 is 8.05. The average molecular weight is 198 g/mol. The minimum Gasteiger partial charge on any atom is -0.298 e. The third kappa shape index (κ3) is 1.70. The molecule has 0 aliphatic rings. The van der Waals surface area contributed by atoms with Crippen molar-refractivity contribution in [3.8, 4) is 0 Å². The highest BCUT2D eigenvalue weighted by Crippen LogP contribution is 2.20. The van der Waals surface area contributed by atoms with Gasteiger partial charge in [-0.25, -0.2) is 0 Å². The summed E-state index contributed by atoms with van der Waals surface area (Å²) in [4.78, 5) is 21.8. The molecule has 0 aromatic heterocycles. The number of carbonyl (C=O) groups is 2. The van der Waals surface area contributed by atoms with Crippen molar-refractivity contribution in [2.24, 2.45) is 0 Å². The maximum atomic E-state index is 10.4. The largest absolute Gasteiger partial charge is 0.298 e. The van der Waals surface area contributed by atoms with Crippen LogP contribution in [0.15, 0.2) is 21.9 Å². The van der Waals surface area contributed by atoms with Crippen molar-refractivity contribution in [1.29, 1.82) is 0 Å². The van der Waals surface area contributed by atoms with Gasteiger partial charge in [0.25, 0.3) is 0 Å². The summed E-state index contributed by atoms with van der Waals surface area (Å²) in [7, 11) is 0. The van der Waals surface area contributed by atoms with Crippen molar-refractivity contribution in [3.05, 3.63) is 23.3 Å². The summed E-state index contributed by atoms with van der Waals surface area (Å²) in [5.74, 6) is 0. The van der Waals surface area contributed by atoms with Crippen molar-refractivity contribution < 1.29 is 9.59 Å². The van der Waals surface area contributed by atoms with Gasteiger partial charge in [-0.3, -0.25) is 9.59 Å². The first kappa shape index (κ1) is 9.35. The van der Waals surface area contributed by atoms with E-state index in [1.54, 1.807) is 0 Å². The molecule has 0 aliphatic heterocycles. The van der Waals surface area contributed by atoms with Gasteiger partial charge in [0.2, 0.25) is 0 Å². The maximum Gasteiger partial charge on any atom is 0.151 e. The van der Waals surface area contributed by atoms with Gasteiger partial charge in [-0.15, -0.1) is 25.3 Å². The lowest BCUT2D eigenvalue weighted by atomic mass is 10.1. The number of hydrogen-bond acceptors (Lipinski definition) is 4. The minimum atomic E-state index is 0.439. The maximum absolute atomic E-state index is 10.4. The zero-order chi connectivity index (χ0) is 9.14. The van der Waals surface area contributed by atoms with E-state index in [1.165, 1.54) is 12.1 Å². The molecule has 0 saturated carbocycles. The Balaban J connectivity index is 3.34. The van der Waals surface area contributed by atoms with Crippen LogP contribution in [0.5, 0.6) is 0 Å². The molecule has 0 spiro atoms. The number of carbonyl (C=O) groups excluding carboxylic acids is 2. The van der Waals surface area contributed by atoms with Crippen LogP contribution < -0.4 is 0 Å². The average Bonchev–Trinajstić information content (AvgIpc) is 2.08. The van der Waals surface area contributed by atoms with Crippen LogP contribution in [0.4, 0.5) is 0 Å². The Labute approximate surface area is 80.8 Å². The first-order chi connectivity index (χ1) is 5.69. The van der Waals surface area contributed by atoms with E-state index in [2.05, 4.69) is 25.3 Å². The van der Waals surface area contributed by atoms with Gasteiger partial charge < -0.3 is 0 Å². The summed E-state index contributed by atoms with van der Waals surface area (Å²) < 4.78 is 0. The third-order valence-electron chi connectivity index (χ3n) is 1.43. The van der Waals surface area contributed by atoms with Gasteiger partial charge in [-0.05, 0) is 12.1 Å². The predicted molar refractivity (Wildman–Crippen MR) is 51.7 cm³/mol. The first-order valence-corrected chi connectivity index (χ1v) is 4.05. The molecule has 0 N–H and O–H groups in total. The van der Waals surface area contributed by atoms with Crippen molar-refractivity contribution in [2.45, 2.75) is 9.79 Å². The number of hydrogen-bond donors (Lipinski definition) is 2. The van der Waals surface area contributed by atoms with E-state index < -0.39 is 0 Å². The van der Waals surface area contributed by atoms with Crippen molar-refractivity contribution >= 4 is 37.8 Å². The zero-order valence-corrected chi connectivity index (χ0v) is 7.81. The van der Waals surface area contributed by atoms with Crippen LogP contribution in [0.3, 0.4) is 0 Å². The Morgan fingerprint density at radius 2 is 1.25 bits per heavy atom. The van der Waals surface area contributed by atoms with E-state index in [4.69, 9.17) is 0 Å². The molecule has 1 aromatic carbocycles. The van der Waals surface area contributed by atoms with E-state index in [1.807, 2.05) is 0 Å². The van der Waals surface area contributed by atoms with Gasteiger partial charge in [-0.2, -0.15) is 0 Å². The summed E-state index contributed by atoms with van der Waals surface area (Å²) in [6.45, 7) is 0. The van der Waals surface area contributed by atoms with Gasteiger partial charge in [0, 0.05) is 20.9 Å². The van der Waals surface area contributed by atoms with Crippen molar-refractivity contribution in [2.75, 3.05) is 0 Å². The van der Waals surface area contributed by atoms with Gasteiger partial charge in [0.05, 0.1) is 0 Å². The molecule has 1 aromatic rings. The van der Waals surface area contributed by atoms with Crippen molar-refractivity contribution in [3.63, 3.8) is 0 Å². The molecule has 1 rings (SSSR count). The molecule has 4 heteroatoms. The molecule has 2 nitrogen and oxygen atoms in total. The molecule has 0 atom stereocenters. The second kappa shape index (κ2) is 3.78. The lowest BCUT2D eigenvalue weighted by molar-refractivity contribution is 0.110. The molecule has 0 saturated heterocycles. The molecule has 0 aliphatic carbocycles. The normalized spacial score (nSPS) is 9.50. The summed E-state index contributed by atoms with van der Waals surface area (Å²) in [6, 6.07) is 3.03. The Hall–Kier alpha value is -0.740. The fourth-order valence-corrected chi connectivity index (χ4v) is 1.31. The van der Waals surface area contributed by atoms with Crippen LogP contribution in [-0.4, -0.2) is 12.6 Å². The van der Waals surface area contributed by atoms with E-state index in [0.717, 1.165) is 0 Å². The molecule has 62 valence electrons. The Morgan fingerprint density at radius 3 is 1.50 bits per heavy atom.